The number of carbonyl (C=O) groups excluding carboxylic acids is 1. The maximum atomic E-state index is 13.1. The Hall–Kier alpha value is -3.25. The highest BCUT2D eigenvalue weighted by atomic mass is 16.5. The molecule has 1 N–H and O–H groups in total. The number of anilines is 2. The van der Waals surface area contributed by atoms with E-state index < -0.39 is 0 Å². The number of aromatic nitrogens is 2. The lowest BCUT2D eigenvalue weighted by Gasteiger charge is -2.28. The van der Waals surface area contributed by atoms with Crippen molar-refractivity contribution < 1.29 is 9.53 Å². The van der Waals surface area contributed by atoms with E-state index in [1.54, 1.807) is 6.07 Å². The molecular formula is C23H24N4O2. The Labute approximate surface area is 170 Å². The standard InChI is InChI=1S/C23H24N4O2/c1-16-8-9-17(2)19(14-16)25-23(28)20-15-21(27-10-12-29-13-11-27)26-22(24-20)18-6-4-3-5-7-18/h3-9,14-15H,10-13H2,1-2H3,(H,25,28). The summed E-state index contributed by atoms with van der Waals surface area (Å²) in [7, 11) is 0. The largest absolute Gasteiger partial charge is 0.378 e. The van der Waals surface area contributed by atoms with E-state index in [1.165, 1.54) is 0 Å². The third kappa shape index (κ3) is 4.43. The van der Waals surface area contributed by atoms with E-state index in [4.69, 9.17) is 9.72 Å². The minimum atomic E-state index is -0.243. The summed E-state index contributed by atoms with van der Waals surface area (Å²) in [6.45, 7) is 6.75. The van der Waals surface area contributed by atoms with Crippen molar-refractivity contribution in [2.75, 3.05) is 36.5 Å². The number of morpholine rings is 1. The Kier molecular flexibility index (Phi) is 5.53. The Morgan fingerprint density at radius 2 is 1.76 bits per heavy atom. The van der Waals surface area contributed by atoms with Crippen molar-refractivity contribution in [3.05, 3.63) is 71.4 Å². The zero-order valence-electron chi connectivity index (χ0n) is 16.7. The van der Waals surface area contributed by atoms with Crippen LogP contribution in [0.4, 0.5) is 11.5 Å². The van der Waals surface area contributed by atoms with Gasteiger partial charge in [0.05, 0.1) is 13.2 Å². The van der Waals surface area contributed by atoms with Crippen molar-refractivity contribution in [3.63, 3.8) is 0 Å². The molecule has 3 aromatic rings. The lowest BCUT2D eigenvalue weighted by Crippen LogP contribution is -2.37. The maximum Gasteiger partial charge on any atom is 0.274 e. The van der Waals surface area contributed by atoms with Gasteiger partial charge in [-0.2, -0.15) is 0 Å². The van der Waals surface area contributed by atoms with E-state index in [1.807, 2.05) is 62.4 Å². The number of nitrogens with one attached hydrogen (secondary N) is 1. The number of rotatable bonds is 4. The third-order valence-corrected chi connectivity index (χ3v) is 4.95. The van der Waals surface area contributed by atoms with Gasteiger partial charge < -0.3 is 15.0 Å². The number of nitrogens with zero attached hydrogens (tertiary/aromatic N) is 3. The summed E-state index contributed by atoms with van der Waals surface area (Å²) in [5, 5.41) is 3.00. The Balaban J connectivity index is 1.71. The number of benzene rings is 2. The quantitative estimate of drug-likeness (QED) is 0.735. The monoisotopic (exact) mass is 388 g/mol. The predicted molar refractivity (Wildman–Crippen MR) is 114 cm³/mol. The number of aryl methyl sites for hydroxylation is 2. The van der Waals surface area contributed by atoms with Gasteiger partial charge in [0.25, 0.3) is 5.91 Å². The van der Waals surface area contributed by atoms with Crippen LogP contribution in [0.3, 0.4) is 0 Å². The molecular weight excluding hydrogens is 364 g/mol. The summed E-state index contributed by atoms with van der Waals surface area (Å²) in [6.07, 6.45) is 0. The van der Waals surface area contributed by atoms with Gasteiger partial charge >= 0.3 is 0 Å². The summed E-state index contributed by atoms with van der Waals surface area (Å²) >= 11 is 0. The van der Waals surface area contributed by atoms with E-state index >= 15 is 0 Å². The summed E-state index contributed by atoms with van der Waals surface area (Å²) in [5.74, 6) is 1.04. The van der Waals surface area contributed by atoms with Crippen molar-refractivity contribution in [1.82, 2.24) is 9.97 Å². The number of carbonyl (C=O) groups is 1. The van der Waals surface area contributed by atoms with Crippen molar-refractivity contribution in [2.24, 2.45) is 0 Å². The van der Waals surface area contributed by atoms with Crippen molar-refractivity contribution in [3.8, 4) is 11.4 Å². The minimum Gasteiger partial charge on any atom is -0.378 e. The molecule has 0 aliphatic carbocycles. The molecule has 0 spiro atoms. The molecule has 0 radical (unpaired) electrons. The van der Waals surface area contributed by atoms with E-state index in [9.17, 15) is 4.79 Å². The van der Waals surface area contributed by atoms with Gasteiger partial charge in [-0.05, 0) is 31.0 Å². The molecule has 2 heterocycles. The van der Waals surface area contributed by atoms with Gasteiger partial charge in [-0.15, -0.1) is 0 Å². The molecule has 1 amide bonds. The van der Waals surface area contributed by atoms with E-state index in [2.05, 4.69) is 15.2 Å². The average molecular weight is 388 g/mol. The molecule has 148 valence electrons. The Bertz CT molecular complexity index is 1010. The second-order valence-corrected chi connectivity index (χ2v) is 7.17. The molecule has 0 bridgehead atoms. The fourth-order valence-electron chi connectivity index (χ4n) is 3.28. The van der Waals surface area contributed by atoms with Crippen LogP contribution in [0.5, 0.6) is 0 Å². The molecule has 6 nitrogen and oxygen atoms in total. The first-order chi connectivity index (χ1) is 14.1. The second-order valence-electron chi connectivity index (χ2n) is 7.17. The van der Waals surface area contributed by atoms with Gasteiger partial charge in [0, 0.05) is 30.4 Å². The summed E-state index contributed by atoms with van der Waals surface area (Å²) in [6, 6.07) is 17.5. The van der Waals surface area contributed by atoms with Crippen molar-refractivity contribution in [2.45, 2.75) is 13.8 Å². The highest BCUT2D eigenvalue weighted by Crippen LogP contribution is 2.23. The van der Waals surface area contributed by atoms with Crippen LogP contribution in [0.25, 0.3) is 11.4 Å². The lowest BCUT2D eigenvalue weighted by atomic mass is 10.1. The van der Waals surface area contributed by atoms with Gasteiger partial charge in [-0.3, -0.25) is 4.79 Å². The molecule has 29 heavy (non-hydrogen) atoms. The van der Waals surface area contributed by atoms with Crippen molar-refractivity contribution in [1.29, 1.82) is 0 Å². The zero-order chi connectivity index (χ0) is 20.2. The maximum absolute atomic E-state index is 13.1. The van der Waals surface area contributed by atoms with Crippen LogP contribution in [-0.4, -0.2) is 42.2 Å². The molecule has 0 saturated carbocycles. The van der Waals surface area contributed by atoms with E-state index in [0.29, 0.717) is 24.7 Å². The molecule has 1 saturated heterocycles. The molecule has 6 heteroatoms. The Morgan fingerprint density at radius 1 is 1.00 bits per heavy atom. The normalized spacial score (nSPS) is 13.9. The number of hydrogen-bond acceptors (Lipinski definition) is 5. The van der Waals surface area contributed by atoms with Crippen LogP contribution in [0.1, 0.15) is 21.6 Å². The molecule has 2 aromatic carbocycles. The molecule has 0 unspecified atom stereocenters. The molecule has 1 fully saturated rings. The smallest absolute Gasteiger partial charge is 0.274 e. The van der Waals surface area contributed by atoms with Crippen LogP contribution in [0.2, 0.25) is 0 Å². The van der Waals surface area contributed by atoms with Gasteiger partial charge in [0.2, 0.25) is 0 Å². The second kappa shape index (κ2) is 8.41. The minimum absolute atomic E-state index is 0.243. The molecule has 0 atom stereocenters. The first kappa shape index (κ1) is 19.1. The van der Waals surface area contributed by atoms with Crippen LogP contribution < -0.4 is 10.2 Å². The van der Waals surface area contributed by atoms with Gasteiger partial charge in [0.15, 0.2) is 5.82 Å². The third-order valence-electron chi connectivity index (χ3n) is 4.95. The zero-order valence-corrected chi connectivity index (χ0v) is 16.7. The molecule has 4 rings (SSSR count). The predicted octanol–water partition coefficient (Wildman–Crippen LogP) is 3.85. The highest BCUT2D eigenvalue weighted by Gasteiger charge is 2.19. The van der Waals surface area contributed by atoms with Crippen LogP contribution >= 0.6 is 0 Å². The summed E-state index contributed by atoms with van der Waals surface area (Å²) in [4.78, 5) is 24.5. The van der Waals surface area contributed by atoms with E-state index in [0.717, 1.165) is 41.3 Å². The number of ether oxygens (including phenoxy) is 1. The van der Waals surface area contributed by atoms with Gasteiger partial charge in [-0.25, -0.2) is 9.97 Å². The van der Waals surface area contributed by atoms with Gasteiger partial charge in [0.1, 0.15) is 11.5 Å². The topological polar surface area (TPSA) is 67.4 Å². The van der Waals surface area contributed by atoms with Crippen LogP contribution in [-0.2, 0) is 4.74 Å². The van der Waals surface area contributed by atoms with Crippen LogP contribution in [0.15, 0.2) is 54.6 Å². The SMILES string of the molecule is Cc1ccc(C)c(NC(=O)c2cc(N3CCOCC3)nc(-c3ccccc3)n2)c1. The first-order valence-corrected chi connectivity index (χ1v) is 9.76. The molecule has 1 aliphatic heterocycles. The highest BCUT2D eigenvalue weighted by molar-refractivity contribution is 6.04. The number of hydrogen-bond donors (Lipinski definition) is 1. The fraction of sp³-hybridized carbons (Fsp3) is 0.261. The molecule has 1 aliphatic rings. The van der Waals surface area contributed by atoms with Crippen molar-refractivity contribution >= 4 is 17.4 Å². The average Bonchev–Trinajstić information content (AvgIpc) is 2.77. The number of amides is 1. The Morgan fingerprint density at radius 3 is 2.52 bits per heavy atom. The van der Waals surface area contributed by atoms with Crippen LogP contribution in [0, 0.1) is 13.8 Å². The summed E-state index contributed by atoms with van der Waals surface area (Å²) in [5.41, 5.74) is 4.12. The molecule has 1 aromatic heterocycles. The van der Waals surface area contributed by atoms with Gasteiger partial charge in [-0.1, -0.05) is 42.5 Å². The summed E-state index contributed by atoms with van der Waals surface area (Å²) < 4.78 is 5.45. The lowest BCUT2D eigenvalue weighted by molar-refractivity contribution is 0.102. The fourth-order valence-corrected chi connectivity index (χ4v) is 3.28. The first-order valence-electron chi connectivity index (χ1n) is 9.76. The van der Waals surface area contributed by atoms with E-state index in [-0.39, 0.29) is 5.91 Å².